The molecule has 0 aliphatic heterocycles. The third-order valence-corrected chi connectivity index (χ3v) is 3.41. The number of halogens is 1. The number of aromatic nitrogens is 3. The number of imidazole rings is 1. The van der Waals surface area contributed by atoms with Gasteiger partial charge in [0.1, 0.15) is 0 Å². The van der Waals surface area contributed by atoms with Crippen molar-refractivity contribution in [2.45, 2.75) is 13.0 Å². The highest BCUT2D eigenvalue weighted by atomic mass is 35.5. The van der Waals surface area contributed by atoms with Gasteiger partial charge in [-0.25, -0.2) is 4.98 Å². The number of nitrogens with zero attached hydrogens (tertiary/aromatic N) is 1. The molecule has 0 radical (unpaired) electrons. The fourth-order valence-corrected chi connectivity index (χ4v) is 2.34. The second kappa shape index (κ2) is 5.47. The molecule has 0 saturated carbocycles. The van der Waals surface area contributed by atoms with Gasteiger partial charge in [0.25, 0.3) is 0 Å². The first-order valence-electron chi connectivity index (χ1n) is 6.26. The van der Waals surface area contributed by atoms with Crippen LogP contribution >= 0.6 is 11.6 Å². The Morgan fingerprint density at radius 2 is 2.21 bits per heavy atom. The Hall–Kier alpha value is -1.78. The molecular weight excluding hydrogens is 260 g/mol. The van der Waals surface area contributed by atoms with Crippen molar-refractivity contribution in [1.29, 1.82) is 0 Å². The maximum absolute atomic E-state index is 5.97. The highest BCUT2D eigenvalue weighted by Gasteiger charge is 2.03. The van der Waals surface area contributed by atoms with E-state index in [2.05, 4.69) is 26.3 Å². The zero-order valence-electron chi connectivity index (χ0n) is 10.4. The molecular formula is C14H15ClN4. The Morgan fingerprint density at radius 3 is 3.05 bits per heavy atom. The second-order valence-corrected chi connectivity index (χ2v) is 4.94. The van der Waals surface area contributed by atoms with Gasteiger partial charge in [-0.15, -0.1) is 0 Å². The average Bonchev–Trinajstić information content (AvgIpc) is 3.03. The van der Waals surface area contributed by atoms with Crippen molar-refractivity contribution < 1.29 is 0 Å². The summed E-state index contributed by atoms with van der Waals surface area (Å²) >= 11 is 5.97. The first kappa shape index (κ1) is 12.3. The van der Waals surface area contributed by atoms with Crippen LogP contribution in [0.5, 0.6) is 0 Å². The summed E-state index contributed by atoms with van der Waals surface area (Å²) in [6.07, 6.45) is 6.55. The summed E-state index contributed by atoms with van der Waals surface area (Å²) in [6, 6.07) is 5.93. The second-order valence-electron chi connectivity index (χ2n) is 4.51. The molecule has 3 N–H and O–H groups in total. The summed E-state index contributed by atoms with van der Waals surface area (Å²) in [5.41, 5.74) is 3.49. The van der Waals surface area contributed by atoms with E-state index in [9.17, 15) is 0 Å². The topological polar surface area (TPSA) is 56.5 Å². The summed E-state index contributed by atoms with van der Waals surface area (Å²) in [5, 5.41) is 5.41. The molecule has 98 valence electrons. The van der Waals surface area contributed by atoms with E-state index < -0.39 is 0 Å². The molecule has 2 heterocycles. The Bertz CT molecular complexity index is 657. The molecule has 0 aliphatic carbocycles. The zero-order chi connectivity index (χ0) is 13.1. The molecule has 0 aliphatic rings. The lowest BCUT2D eigenvalue weighted by molar-refractivity contribution is 0.684. The number of benzene rings is 1. The van der Waals surface area contributed by atoms with Gasteiger partial charge in [0.15, 0.2) is 0 Å². The molecule has 2 aromatic heterocycles. The molecule has 3 rings (SSSR count). The zero-order valence-corrected chi connectivity index (χ0v) is 11.2. The minimum absolute atomic E-state index is 0.758. The maximum atomic E-state index is 5.97. The molecule has 4 nitrogen and oxygen atoms in total. The number of hydrogen-bond donors (Lipinski definition) is 3. The fourth-order valence-electron chi connectivity index (χ4n) is 2.17. The van der Waals surface area contributed by atoms with Crippen molar-refractivity contribution >= 4 is 22.5 Å². The van der Waals surface area contributed by atoms with Gasteiger partial charge < -0.3 is 15.3 Å². The summed E-state index contributed by atoms with van der Waals surface area (Å²) in [7, 11) is 0. The molecule has 0 unspecified atom stereocenters. The predicted octanol–water partition coefficient (Wildman–Crippen LogP) is 2.88. The van der Waals surface area contributed by atoms with Crippen LogP contribution in [-0.4, -0.2) is 21.5 Å². The number of nitrogens with one attached hydrogen (secondary N) is 3. The van der Waals surface area contributed by atoms with Crippen molar-refractivity contribution in [3.8, 4) is 0 Å². The lowest BCUT2D eigenvalue weighted by Gasteiger charge is -2.03. The van der Waals surface area contributed by atoms with Gasteiger partial charge in [-0.05, 0) is 17.7 Å². The molecule has 0 spiro atoms. The van der Waals surface area contributed by atoms with Gasteiger partial charge in [0, 0.05) is 53.5 Å². The molecule has 19 heavy (non-hydrogen) atoms. The van der Waals surface area contributed by atoms with E-state index in [-0.39, 0.29) is 0 Å². The van der Waals surface area contributed by atoms with E-state index in [0.29, 0.717) is 0 Å². The van der Waals surface area contributed by atoms with Gasteiger partial charge in [-0.2, -0.15) is 0 Å². The first-order chi connectivity index (χ1) is 9.33. The van der Waals surface area contributed by atoms with E-state index in [0.717, 1.165) is 35.7 Å². The van der Waals surface area contributed by atoms with Crippen LogP contribution in [0.3, 0.4) is 0 Å². The maximum Gasteiger partial charge on any atom is 0.0921 e. The van der Waals surface area contributed by atoms with Crippen molar-refractivity contribution in [1.82, 2.24) is 20.3 Å². The van der Waals surface area contributed by atoms with E-state index in [1.54, 1.807) is 6.33 Å². The molecule has 0 fully saturated rings. The normalized spacial score (nSPS) is 11.2. The van der Waals surface area contributed by atoms with E-state index in [1.165, 1.54) is 10.9 Å². The SMILES string of the molecule is Clc1ccc2c(CNCCc3cnc[nH]3)c[nH]c2c1. The van der Waals surface area contributed by atoms with Gasteiger partial charge >= 0.3 is 0 Å². The molecule has 5 heteroatoms. The largest absolute Gasteiger partial charge is 0.361 e. The van der Waals surface area contributed by atoms with E-state index >= 15 is 0 Å². The van der Waals surface area contributed by atoms with Crippen molar-refractivity contribution in [3.63, 3.8) is 0 Å². The van der Waals surface area contributed by atoms with Crippen LogP contribution < -0.4 is 5.32 Å². The van der Waals surface area contributed by atoms with Crippen molar-refractivity contribution in [2.24, 2.45) is 0 Å². The summed E-state index contributed by atoms with van der Waals surface area (Å²) in [6.45, 7) is 1.76. The smallest absolute Gasteiger partial charge is 0.0921 e. The first-order valence-corrected chi connectivity index (χ1v) is 6.64. The lowest BCUT2D eigenvalue weighted by Crippen LogP contribution is -2.16. The van der Waals surface area contributed by atoms with Gasteiger partial charge in [-0.3, -0.25) is 0 Å². The Kier molecular flexibility index (Phi) is 3.53. The lowest BCUT2D eigenvalue weighted by atomic mass is 10.2. The Labute approximate surface area is 116 Å². The van der Waals surface area contributed by atoms with Crippen LogP contribution in [0, 0.1) is 0 Å². The van der Waals surface area contributed by atoms with Crippen LogP contribution in [0.15, 0.2) is 36.9 Å². The number of H-pyrrole nitrogens is 2. The highest BCUT2D eigenvalue weighted by Crippen LogP contribution is 2.21. The van der Waals surface area contributed by atoms with Crippen LogP contribution in [-0.2, 0) is 13.0 Å². The predicted molar refractivity (Wildman–Crippen MR) is 77.3 cm³/mol. The third-order valence-electron chi connectivity index (χ3n) is 3.17. The minimum atomic E-state index is 0.758. The van der Waals surface area contributed by atoms with Crippen molar-refractivity contribution in [2.75, 3.05) is 6.54 Å². The molecule has 3 aromatic rings. The van der Waals surface area contributed by atoms with E-state index in [4.69, 9.17) is 11.6 Å². The number of rotatable bonds is 5. The van der Waals surface area contributed by atoms with Gasteiger partial charge in [0.05, 0.1) is 6.33 Å². The minimum Gasteiger partial charge on any atom is -0.361 e. The molecule has 1 aromatic carbocycles. The van der Waals surface area contributed by atoms with Crippen LogP contribution in [0.2, 0.25) is 5.02 Å². The van der Waals surface area contributed by atoms with Crippen LogP contribution in [0.1, 0.15) is 11.3 Å². The van der Waals surface area contributed by atoms with E-state index in [1.807, 2.05) is 24.5 Å². The number of fused-ring (bicyclic) bond motifs is 1. The van der Waals surface area contributed by atoms with Gasteiger partial charge in [0.2, 0.25) is 0 Å². The average molecular weight is 275 g/mol. The number of hydrogen-bond acceptors (Lipinski definition) is 2. The van der Waals surface area contributed by atoms with Crippen molar-refractivity contribution in [3.05, 3.63) is 53.2 Å². The summed E-state index contributed by atoms with van der Waals surface area (Å²) in [4.78, 5) is 10.3. The molecule has 0 atom stereocenters. The quantitative estimate of drug-likeness (QED) is 0.627. The summed E-state index contributed by atoms with van der Waals surface area (Å²) < 4.78 is 0. The number of aromatic amines is 2. The standard InChI is InChI=1S/C14H15ClN4/c15-11-1-2-13-10(7-18-14(13)5-11)6-16-4-3-12-8-17-9-19-12/h1-2,5,7-9,16,18H,3-4,6H2,(H,17,19). The summed E-state index contributed by atoms with van der Waals surface area (Å²) in [5.74, 6) is 0. The molecule has 0 saturated heterocycles. The van der Waals surface area contributed by atoms with Gasteiger partial charge in [-0.1, -0.05) is 17.7 Å². The molecule has 0 bridgehead atoms. The Balaban J connectivity index is 1.59. The Morgan fingerprint density at radius 1 is 1.26 bits per heavy atom. The third kappa shape index (κ3) is 2.80. The highest BCUT2D eigenvalue weighted by molar-refractivity contribution is 6.31. The fraction of sp³-hybridized carbons (Fsp3) is 0.214. The molecule has 0 amide bonds. The van der Waals surface area contributed by atoms with Crippen LogP contribution in [0.25, 0.3) is 10.9 Å². The monoisotopic (exact) mass is 274 g/mol. The van der Waals surface area contributed by atoms with Crippen LogP contribution in [0.4, 0.5) is 0 Å².